The minimum atomic E-state index is 0.671. The van der Waals surface area contributed by atoms with Gasteiger partial charge in [0.2, 0.25) is 0 Å². The highest BCUT2D eigenvalue weighted by Gasteiger charge is 2.19. The van der Waals surface area contributed by atoms with E-state index in [0.717, 1.165) is 11.6 Å². The molecular formula is C14H22N2. The van der Waals surface area contributed by atoms with Gasteiger partial charge < -0.3 is 5.32 Å². The molecule has 0 amide bonds. The maximum Gasteiger partial charge on any atom is 0.0393 e. The normalized spacial score (nSPS) is 25.4. The predicted molar refractivity (Wildman–Crippen MR) is 68.6 cm³/mol. The average Bonchev–Trinajstić information content (AvgIpc) is 2.30. The minimum absolute atomic E-state index is 0.671. The lowest BCUT2D eigenvalue weighted by molar-refractivity contribution is 0.330. The molecule has 1 saturated carbocycles. The number of anilines is 1. The zero-order valence-corrected chi connectivity index (χ0v) is 10.4. The molecule has 0 bridgehead atoms. The number of hydrogen-bond acceptors (Lipinski definition) is 2. The van der Waals surface area contributed by atoms with Gasteiger partial charge in [0.15, 0.2) is 0 Å². The van der Waals surface area contributed by atoms with Crippen molar-refractivity contribution in [3.05, 3.63) is 24.0 Å². The summed E-state index contributed by atoms with van der Waals surface area (Å²) in [6.07, 6.45) is 8.65. The summed E-state index contributed by atoms with van der Waals surface area (Å²) in [7, 11) is 0. The molecule has 0 radical (unpaired) electrons. The van der Waals surface area contributed by atoms with E-state index in [1.54, 1.807) is 0 Å². The average molecular weight is 218 g/mol. The second-order valence-corrected chi connectivity index (χ2v) is 4.96. The summed E-state index contributed by atoms with van der Waals surface area (Å²) < 4.78 is 0. The van der Waals surface area contributed by atoms with E-state index in [9.17, 15) is 0 Å². The van der Waals surface area contributed by atoms with Gasteiger partial charge in [0.05, 0.1) is 0 Å². The molecule has 2 nitrogen and oxygen atoms in total. The van der Waals surface area contributed by atoms with Gasteiger partial charge in [-0.25, -0.2) is 0 Å². The van der Waals surface area contributed by atoms with Gasteiger partial charge in [-0.3, -0.25) is 4.98 Å². The standard InChI is InChI=1S/C14H22N2/c1-3-12-4-6-13(7-5-12)16-14-8-9-15-11(2)10-14/h8-10,12-13H,3-7H2,1-2H3,(H,15,16). The molecule has 0 saturated heterocycles. The maximum atomic E-state index is 4.22. The highest BCUT2D eigenvalue weighted by atomic mass is 14.9. The van der Waals surface area contributed by atoms with E-state index in [0.29, 0.717) is 6.04 Å². The van der Waals surface area contributed by atoms with Crippen molar-refractivity contribution >= 4 is 5.69 Å². The van der Waals surface area contributed by atoms with Crippen molar-refractivity contribution in [3.8, 4) is 0 Å². The van der Waals surface area contributed by atoms with Gasteiger partial charge in [0.1, 0.15) is 0 Å². The van der Waals surface area contributed by atoms with Crippen LogP contribution < -0.4 is 5.32 Å². The third kappa shape index (κ3) is 2.97. The minimum Gasteiger partial charge on any atom is -0.382 e. The lowest BCUT2D eigenvalue weighted by Gasteiger charge is -2.29. The fraction of sp³-hybridized carbons (Fsp3) is 0.643. The first-order valence-electron chi connectivity index (χ1n) is 6.47. The number of pyridine rings is 1. The van der Waals surface area contributed by atoms with Crippen molar-refractivity contribution in [1.29, 1.82) is 0 Å². The second kappa shape index (κ2) is 5.33. The predicted octanol–water partition coefficient (Wildman–Crippen LogP) is 3.77. The van der Waals surface area contributed by atoms with Crippen LogP contribution in [0.25, 0.3) is 0 Å². The SMILES string of the molecule is CCC1CCC(Nc2ccnc(C)c2)CC1. The van der Waals surface area contributed by atoms with Crippen LogP contribution >= 0.6 is 0 Å². The van der Waals surface area contributed by atoms with E-state index in [1.165, 1.54) is 37.8 Å². The number of hydrogen-bond donors (Lipinski definition) is 1. The van der Waals surface area contributed by atoms with E-state index in [2.05, 4.69) is 29.4 Å². The molecular weight excluding hydrogens is 196 g/mol. The Morgan fingerprint density at radius 1 is 1.31 bits per heavy atom. The fourth-order valence-electron chi connectivity index (χ4n) is 2.59. The third-order valence-corrected chi connectivity index (χ3v) is 3.69. The number of nitrogens with zero attached hydrogens (tertiary/aromatic N) is 1. The highest BCUT2D eigenvalue weighted by Crippen LogP contribution is 2.28. The Hall–Kier alpha value is -1.05. The van der Waals surface area contributed by atoms with Gasteiger partial charge in [-0.15, -0.1) is 0 Å². The van der Waals surface area contributed by atoms with E-state index >= 15 is 0 Å². The summed E-state index contributed by atoms with van der Waals surface area (Å²) in [5, 5.41) is 3.63. The van der Waals surface area contributed by atoms with Gasteiger partial charge >= 0.3 is 0 Å². The summed E-state index contributed by atoms with van der Waals surface area (Å²) >= 11 is 0. The Bertz CT molecular complexity index is 327. The monoisotopic (exact) mass is 218 g/mol. The lowest BCUT2D eigenvalue weighted by atomic mass is 9.84. The Labute approximate surface area is 98.5 Å². The van der Waals surface area contributed by atoms with Crippen molar-refractivity contribution in [1.82, 2.24) is 4.98 Å². The molecule has 0 unspecified atom stereocenters. The first-order valence-corrected chi connectivity index (χ1v) is 6.47. The van der Waals surface area contributed by atoms with E-state index < -0.39 is 0 Å². The quantitative estimate of drug-likeness (QED) is 0.835. The number of aromatic nitrogens is 1. The molecule has 1 aromatic heterocycles. The molecule has 0 aromatic carbocycles. The maximum absolute atomic E-state index is 4.22. The Morgan fingerprint density at radius 3 is 2.69 bits per heavy atom. The molecule has 0 atom stereocenters. The van der Waals surface area contributed by atoms with Gasteiger partial charge in [0, 0.05) is 23.6 Å². The first-order chi connectivity index (χ1) is 7.78. The summed E-state index contributed by atoms with van der Waals surface area (Å²) in [6.45, 7) is 4.35. The van der Waals surface area contributed by atoms with Crippen molar-refractivity contribution in [2.24, 2.45) is 5.92 Å². The van der Waals surface area contributed by atoms with Gasteiger partial charge in [-0.2, -0.15) is 0 Å². The molecule has 2 rings (SSSR count). The van der Waals surface area contributed by atoms with Crippen molar-refractivity contribution in [2.75, 3.05) is 5.32 Å². The summed E-state index contributed by atoms with van der Waals surface area (Å²) in [6, 6.07) is 4.87. The number of nitrogens with one attached hydrogen (secondary N) is 1. The summed E-state index contributed by atoms with van der Waals surface area (Å²) in [4.78, 5) is 4.22. The van der Waals surface area contributed by atoms with Crippen LogP contribution in [0.2, 0.25) is 0 Å². The molecule has 1 aliphatic carbocycles. The fourth-order valence-corrected chi connectivity index (χ4v) is 2.59. The van der Waals surface area contributed by atoms with Crippen LogP contribution in [0, 0.1) is 12.8 Å². The van der Waals surface area contributed by atoms with E-state index in [4.69, 9.17) is 0 Å². The highest BCUT2D eigenvalue weighted by molar-refractivity contribution is 5.43. The van der Waals surface area contributed by atoms with Crippen LogP contribution in [0.1, 0.15) is 44.7 Å². The smallest absolute Gasteiger partial charge is 0.0393 e. The van der Waals surface area contributed by atoms with E-state index in [-0.39, 0.29) is 0 Å². The number of rotatable bonds is 3. The molecule has 2 heteroatoms. The van der Waals surface area contributed by atoms with Crippen LogP contribution in [0.15, 0.2) is 18.3 Å². The zero-order chi connectivity index (χ0) is 11.4. The molecule has 0 aliphatic heterocycles. The Morgan fingerprint density at radius 2 is 2.06 bits per heavy atom. The van der Waals surface area contributed by atoms with Gasteiger partial charge in [-0.1, -0.05) is 13.3 Å². The Kier molecular flexibility index (Phi) is 3.81. The lowest BCUT2D eigenvalue weighted by Crippen LogP contribution is -2.25. The molecule has 1 aliphatic rings. The Balaban J connectivity index is 1.87. The first kappa shape index (κ1) is 11.4. The van der Waals surface area contributed by atoms with Crippen LogP contribution in [0.5, 0.6) is 0 Å². The molecule has 16 heavy (non-hydrogen) atoms. The van der Waals surface area contributed by atoms with Crippen molar-refractivity contribution < 1.29 is 0 Å². The second-order valence-electron chi connectivity index (χ2n) is 4.96. The molecule has 1 aromatic rings. The van der Waals surface area contributed by atoms with E-state index in [1.807, 2.05) is 13.1 Å². The molecule has 1 N–H and O–H groups in total. The molecule has 0 spiro atoms. The summed E-state index contributed by atoms with van der Waals surface area (Å²) in [5.74, 6) is 0.970. The van der Waals surface area contributed by atoms with Crippen LogP contribution in [0.3, 0.4) is 0 Å². The molecule has 1 fully saturated rings. The largest absolute Gasteiger partial charge is 0.382 e. The van der Waals surface area contributed by atoms with Crippen LogP contribution in [-0.4, -0.2) is 11.0 Å². The van der Waals surface area contributed by atoms with Crippen molar-refractivity contribution in [2.45, 2.75) is 52.0 Å². The van der Waals surface area contributed by atoms with Crippen LogP contribution in [0.4, 0.5) is 5.69 Å². The van der Waals surface area contributed by atoms with Gasteiger partial charge in [-0.05, 0) is 50.7 Å². The number of aryl methyl sites for hydroxylation is 1. The van der Waals surface area contributed by atoms with Crippen molar-refractivity contribution in [3.63, 3.8) is 0 Å². The molecule has 88 valence electrons. The van der Waals surface area contributed by atoms with Crippen LogP contribution in [-0.2, 0) is 0 Å². The topological polar surface area (TPSA) is 24.9 Å². The molecule has 1 heterocycles. The third-order valence-electron chi connectivity index (χ3n) is 3.69. The zero-order valence-electron chi connectivity index (χ0n) is 10.4. The summed E-state index contributed by atoms with van der Waals surface area (Å²) in [5.41, 5.74) is 2.32. The van der Waals surface area contributed by atoms with Gasteiger partial charge in [0.25, 0.3) is 0 Å².